The zero-order valence-electron chi connectivity index (χ0n) is 8.68. The Hall–Kier alpha value is -1.46. The summed E-state index contributed by atoms with van der Waals surface area (Å²) in [7, 11) is 0. The Labute approximate surface area is 82.2 Å². The van der Waals surface area contributed by atoms with E-state index in [9.17, 15) is 9.59 Å². The Bertz CT molecular complexity index is 211. The Morgan fingerprint density at radius 2 is 1.14 bits per heavy atom. The number of hydrogen-bond acceptors (Lipinski definition) is 6. The molecule has 0 spiro atoms. The van der Waals surface area contributed by atoms with E-state index in [1.165, 1.54) is 0 Å². The Morgan fingerprint density at radius 1 is 0.857 bits per heavy atom. The average Bonchev–Trinajstić information content (AvgIpc) is 2.11. The summed E-state index contributed by atoms with van der Waals surface area (Å²) in [6.07, 6.45) is 0. The molecule has 0 bridgehead atoms. The quantitative estimate of drug-likeness (QED) is 0.513. The van der Waals surface area contributed by atoms with Crippen molar-refractivity contribution in [3.8, 4) is 0 Å². The van der Waals surface area contributed by atoms with Crippen LogP contribution in [0.1, 0.15) is 27.7 Å². The maximum Gasteiger partial charge on any atom is 0.339 e. The third kappa shape index (κ3) is 5.23. The second kappa shape index (κ2) is 6.06. The maximum absolute atomic E-state index is 10.8. The Balaban J connectivity index is 3.75. The van der Waals surface area contributed by atoms with Gasteiger partial charge in [0.05, 0.1) is 22.4 Å². The third-order valence-corrected chi connectivity index (χ3v) is 1.24. The lowest BCUT2D eigenvalue weighted by Crippen LogP contribution is -2.09. The molecular weight excluding hydrogens is 188 g/mol. The highest BCUT2D eigenvalue weighted by Crippen LogP contribution is 1.99. The molecule has 0 aromatic rings. The van der Waals surface area contributed by atoms with Crippen LogP contribution in [0.3, 0.4) is 0 Å². The molecule has 14 heavy (non-hydrogen) atoms. The summed E-state index contributed by atoms with van der Waals surface area (Å²) < 4.78 is 0. The van der Waals surface area contributed by atoms with Gasteiger partial charge in [0.1, 0.15) is 0 Å². The van der Waals surface area contributed by atoms with Crippen LogP contribution in [0.4, 0.5) is 0 Å². The van der Waals surface area contributed by atoms with E-state index < -0.39 is 11.9 Å². The van der Waals surface area contributed by atoms with Crippen molar-refractivity contribution in [1.29, 1.82) is 0 Å². The van der Waals surface area contributed by atoms with Gasteiger partial charge in [-0.3, -0.25) is 9.68 Å². The fourth-order valence-electron chi connectivity index (χ4n) is 0.325. The predicted octanol–water partition coefficient (Wildman–Crippen LogP) is 1.67. The van der Waals surface area contributed by atoms with Gasteiger partial charge in [-0.25, -0.2) is 9.59 Å². The fraction of sp³-hybridized carbons (Fsp3) is 0.750. The molecular formula is C8H14N2O4. The van der Waals surface area contributed by atoms with Gasteiger partial charge in [-0.1, -0.05) is 27.7 Å². The molecule has 0 aliphatic rings. The topological polar surface area (TPSA) is 77.3 Å². The van der Waals surface area contributed by atoms with Gasteiger partial charge in [0.25, 0.3) is 0 Å². The molecule has 0 aromatic heterocycles. The van der Waals surface area contributed by atoms with Gasteiger partial charge < -0.3 is 0 Å². The minimum atomic E-state index is -0.533. The zero-order chi connectivity index (χ0) is 11.1. The molecule has 0 unspecified atom stereocenters. The van der Waals surface area contributed by atoms with Crippen LogP contribution in [0.2, 0.25) is 0 Å². The van der Waals surface area contributed by atoms with E-state index in [0.717, 1.165) is 0 Å². The van der Waals surface area contributed by atoms with Crippen LogP contribution < -0.4 is 0 Å². The second-order valence-electron chi connectivity index (χ2n) is 3.29. The van der Waals surface area contributed by atoms with Crippen LogP contribution >= 0.6 is 0 Å². The first-order chi connectivity index (χ1) is 6.45. The first-order valence-electron chi connectivity index (χ1n) is 4.27. The van der Waals surface area contributed by atoms with Crippen molar-refractivity contribution in [2.75, 3.05) is 0 Å². The molecule has 0 N–H and O–H groups in total. The maximum atomic E-state index is 10.8. The molecule has 0 amide bonds. The number of hydrogen-bond donors (Lipinski definition) is 0. The summed E-state index contributed by atoms with van der Waals surface area (Å²) in [6, 6.07) is 0. The van der Waals surface area contributed by atoms with Gasteiger partial charge in [0.2, 0.25) is 0 Å². The van der Waals surface area contributed by atoms with Crippen molar-refractivity contribution >= 4 is 11.9 Å². The zero-order valence-corrected chi connectivity index (χ0v) is 8.68. The van der Waals surface area contributed by atoms with Crippen LogP contribution in [0.15, 0.2) is 10.6 Å². The van der Waals surface area contributed by atoms with Gasteiger partial charge in [-0.15, -0.1) is 0 Å². The predicted molar refractivity (Wildman–Crippen MR) is 46.7 cm³/mol. The highest BCUT2D eigenvalue weighted by Gasteiger charge is 2.09. The van der Waals surface area contributed by atoms with E-state index in [-0.39, 0.29) is 11.8 Å². The average molecular weight is 202 g/mol. The lowest BCUT2D eigenvalue weighted by molar-refractivity contribution is -0.156. The van der Waals surface area contributed by atoms with E-state index in [2.05, 4.69) is 20.2 Å². The summed E-state index contributed by atoms with van der Waals surface area (Å²) in [5, 5.41) is 5.89. The lowest BCUT2D eigenvalue weighted by Gasteiger charge is -1.99. The van der Waals surface area contributed by atoms with Gasteiger partial charge in [0, 0.05) is 0 Å². The van der Waals surface area contributed by atoms with Gasteiger partial charge in [0.15, 0.2) is 0 Å². The molecule has 0 aliphatic heterocycles. The van der Waals surface area contributed by atoms with Crippen molar-refractivity contribution in [3.63, 3.8) is 0 Å². The highest BCUT2D eigenvalue weighted by atomic mass is 16.8. The van der Waals surface area contributed by atoms with Gasteiger partial charge in [-0.2, -0.15) is 0 Å². The second-order valence-corrected chi connectivity index (χ2v) is 3.29. The van der Waals surface area contributed by atoms with Gasteiger partial charge in [-0.05, 0) is 0 Å². The van der Waals surface area contributed by atoms with Crippen molar-refractivity contribution in [3.05, 3.63) is 0 Å². The molecule has 6 heteroatoms. The number of carbonyl (C=O) groups excluding carboxylic acids is 2. The number of nitrogens with zero attached hydrogens (tertiary/aromatic N) is 2. The molecule has 0 aromatic carbocycles. The summed E-state index contributed by atoms with van der Waals surface area (Å²) in [5.41, 5.74) is 0. The van der Waals surface area contributed by atoms with Gasteiger partial charge >= 0.3 is 11.9 Å². The standard InChI is InChI=1S/C8H14N2O4/c1-5(2)7(11)13-9-10-14-8(12)6(3)4/h5-6H,1-4H3. The van der Waals surface area contributed by atoms with Crippen LogP contribution in [-0.2, 0) is 19.3 Å². The van der Waals surface area contributed by atoms with E-state index in [0.29, 0.717) is 0 Å². The molecule has 0 radical (unpaired) electrons. The minimum Gasteiger partial charge on any atom is -0.297 e. The largest absolute Gasteiger partial charge is 0.339 e. The van der Waals surface area contributed by atoms with Crippen LogP contribution in [0.5, 0.6) is 0 Å². The molecule has 0 fully saturated rings. The SMILES string of the molecule is CC(C)C(=O)ON=NOC(=O)C(C)C. The number of carbonyl (C=O) groups is 2. The Morgan fingerprint density at radius 3 is 1.36 bits per heavy atom. The third-order valence-electron chi connectivity index (χ3n) is 1.24. The molecule has 80 valence electrons. The summed E-state index contributed by atoms with van der Waals surface area (Å²) in [6.45, 7) is 6.60. The van der Waals surface area contributed by atoms with Crippen molar-refractivity contribution in [1.82, 2.24) is 0 Å². The highest BCUT2D eigenvalue weighted by molar-refractivity contribution is 5.71. The van der Waals surface area contributed by atoms with Crippen LogP contribution in [-0.4, -0.2) is 11.9 Å². The lowest BCUT2D eigenvalue weighted by atomic mass is 10.2. The molecule has 0 heterocycles. The first kappa shape index (κ1) is 12.5. The molecule has 0 atom stereocenters. The van der Waals surface area contributed by atoms with E-state index in [4.69, 9.17) is 0 Å². The molecule has 0 saturated carbocycles. The summed E-state index contributed by atoms with van der Waals surface area (Å²) in [5.74, 6) is -1.66. The van der Waals surface area contributed by atoms with Crippen LogP contribution in [0.25, 0.3) is 0 Å². The minimum absolute atomic E-state index is 0.297. The number of rotatable bonds is 4. The van der Waals surface area contributed by atoms with Crippen molar-refractivity contribution < 1.29 is 19.3 Å². The molecule has 0 saturated heterocycles. The van der Waals surface area contributed by atoms with Crippen LogP contribution in [0, 0.1) is 11.8 Å². The molecule has 0 aliphatic carbocycles. The van der Waals surface area contributed by atoms with Crippen molar-refractivity contribution in [2.45, 2.75) is 27.7 Å². The van der Waals surface area contributed by atoms with E-state index in [1.807, 2.05) is 0 Å². The smallest absolute Gasteiger partial charge is 0.297 e. The molecule has 6 nitrogen and oxygen atoms in total. The van der Waals surface area contributed by atoms with E-state index in [1.54, 1.807) is 27.7 Å². The summed E-state index contributed by atoms with van der Waals surface area (Å²) >= 11 is 0. The van der Waals surface area contributed by atoms with Crippen molar-refractivity contribution in [2.24, 2.45) is 22.4 Å². The first-order valence-corrected chi connectivity index (χ1v) is 4.27. The Kier molecular flexibility index (Phi) is 5.43. The monoisotopic (exact) mass is 202 g/mol. The molecule has 0 rings (SSSR count). The van der Waals surface area contributed by atoms with E-state index >= 15 is 0 Å². The summed E-state index contributed by atoms with van der Waals surface area (Å²) in [4.78, 5) is 30.2. The fourth-order valence-corrected chi connectivity index (χ4v) is 0.325. The normalized spacial score (nSPS) is 11.0.